The standard InChI is InChI=1S/C15H25N3/c1-3-13-6-5-10-18(11-9-13)12-14-7-4-8-15(16-2)17-14/h4,7-8,13H,3,5-6,9-12H2,1-2H3,(H,16,17). The van der Waals surface area contributed by atoms with Crippen molar-refractivity contribution in [1.29, 1.82) is 0 Å². The Morgan fingerprint density at radius 1 is 1.33 bits per heavy atom. The molecule has 18 heavy (non-hydrogen) atoms. The third kappa shape index (κ3) is 3.70. The minimum atomic E-state index is 0.937. The molecule has 2 rings (SSSR count). The normalized spacial score (nSPS) is 21.6. The SMILES string of the molecule is CCC1CCCN(Cc2cccc(NC)n2)CC1. The summed E-state index contributed by atoms with van der Waals surface area (Å²) in [7, 11) is 1.92. The van der Waals surface area contributed by atoms with Crippen LogP contribution in [0.25, 0.3) is 0 Å². The van der Waals surface area contributed by atoms with Crippen molar-refractivity contribution in [2.45, 2.75) is 39.2 Å². The molecule has 1 N–H and O–H groups in total. The summed E-state index contributed by atoms with van der Waals surface area (Å²) in [6, 6.07) is 6.23. The first kappa shape index (κ1) is 13.3. The highest BCUT2D eigenvalue weighted by molar-refractivity contribution is 5.34. The van der Waals surface area contributed by atoms with Gasteiger partial charge in [-0.1, -0.05) is 19.4 Å². The fraction of sp³-hybridized carbons (Fsp3) is 0.667. The number of pyridine rings is 1. The maximum atomic E-state index is 4.60. The van der Waals surface area contributed by atoms with Crippen LogP contribution in [-0.4, -0.2) is 30.0 Å². The van der Waals surface area contributed by atoms with Gasteiger partial charge >= 0.3 is 0 Å². The molecule has 3 nitrogen and oxygen atoms in total. The van der Waals surface area contributed by atoms with E-state index in [1.165, 1.54) is 44.5 Å². The van der Waals surface area contributed by atoms with Gasteiger partial charge in [-0.3, -0.25) is 4.90 Å². The Balaban J connectivity index is 1.92. The van der Waals surface area contributed by atoms with E-state index in [4.69, 9.17) is 0 Å². The molecule has 0 radical (unpaired) electrons. The van der Waals surface area contributed by atoms with Crippen LogP contribution in [0.1, 0.15) is 38.3 Å². The van der Waals surface area contributed by atoms with E-state index in [1.807, 2.05) is 13.1 Å². The Bertz CT molecular complexity index is 365. The van der Waals surface area contributed by atoms with Crippen LogP contribution in [0, 0.1) is 5.92 Å². The summed E-state index contributed by atoms with van der Waals surface area (Å²) in [5, 5.41) is 3.10. The number of hydrogen-bond donors (Lipinski definition) is 1. The lowest BCUT2D eigenvalue weighted by Crippen LogP contribution is -2.24. The zero-order valence-corrected chi connectivity index (χ0v) is 11.7. The van der Waals surface area contributed by atoms with E-state index in [9.17, 15) is 0 Å². The lowest BCUT2D eigenvalue weighted by molar-refractivity contribution is 0.269. The molecule has 0 spiro atoms. The smallest absolute Gasteiger partial charge is 0.126 e. The van der Waals surface area contributed by atoms with Gasteiger partial charge in [-0.05, 0) is 50.4 Å². The minimum absolute atomic E-state index is 0.937. The van der Waals surface area contributed by atoms with Gasteiger partial charge in [0.1, 0.15) is 5.82 Å². The van der Waals surface area contributed by atoms with Crippen LogP contribution in [0.15, 0.2) is 18.2 Å². The topological polar surface area (TPSA) is 28.2 Å². The van der Waals surface area contributed by atoms with Crippen molar-refractivity contribution in [2.75, 3.05) is 25.5 Å². The Hall–Kier alpha value is -1.09. The number of rotatable bonds is 4. The quantitative estimate of drug-likeness (QED) is 0.886. The molecule has 0 amide bonds. The summed E-state index contributed by atoms with van der Waals surface area (Å²) < 4.78 is 0. The molecule has 1 atom stereocenters. The van der Waals surface area contributed by atoms with Crippen LogP contribution in [0.3, 0.4) is 0 Å². The van der Waals surface area contributed by atoms with Gasteiger partial charge < -0.3 is 5.32 Å². The molecular formula is C15H25N3. The summed E-state index contributed by atoms with van der Waals surface area (Å²) in [6.07, 6.45) is 5.42. The zero-order valence-electron chi connectivity index (χ0n) is 11.7. The van der Waals surface area contributed by atoms with Crippen LogP contribution >= 0.6 is 0 Å². The van der Waals surface area contributed by atoms with Crippen LogP contribution in [-0.2, 0) is 6.54 Å². The van der Waals surface area contributed by atoms with Crippen LogP contribution in [0.4, 0.5) is 5.82 Å². The van der Waals surface area contributed by atoms with E-state index in [0.717, 1.165) is 18.3 Å². The molecule has 3 heteroatoms. The predicted octanol–water partition coefficient (Wildman–Crippen LogP) is 3.14. The molecule has 0 aliphatic carbocycles. The van der Waals surface area contributed by atoms with Gasteiger partial charge in [0.2, 0.25) is 0 Å². The largest absolute Gasteiger partial charge is 0.373 e. The van der Waals surface area contributed by atoms with Crippen LogP contribution in [0.2, 0.25) is 0 Å². The van der Waals surface area contributed by atoms with E-state index in [1.54, 1.807) is 0 Å². The molecule has 1 fully saturated rings. The van der Waals surface area contributed by atoms with Crippen molar-refractivity contribution >= 4 is 5.82 Å². The van der Waals surface area contributed by atoms with E-state index in [-0.39, 0.29) is 0 Å². The molecule has 0 saturated carbocycles. The molecule has 1 aliphatic rings. The highest BCUT2D eigenvalue weighted by Gasteiger charge is 2.16. The summed E-state index contributed by atoms with van der Waals surface area (Å²) in [4.78, 5) is 7.16. The number of aromatic nitrogens is 1. The van der Waals surface area contributed by atoms with Gasteiger partial charge in [0.05, 0.1) is 5.69 Å². The second-order valence-electron chi connectivity index (χ2n) is 5.25. The zero-order chi connectivity index (χ0) is 12.8. The highest BCUT2D eigenvalue weighted by atomic mass is 15.1. The third-order valence-corrected chi connectivity index (χ3v) is 3.97. The Labute approximate surface area is 111 Å². The minimum Gasteiger partial charge on any atom is -0.373 e. The van der Waals surface area contributed by atoms with Gasteiger partial charge in [0.25, 0.3) is 0 Å². The maximum absolute atomic E-state index is 4.60. The number of anilines is 1. The van der Waals surface area contributed by atoms with Crippen molar-refractivity contribution in [2.24, 2.45) is 5.92 Å². The molecule has 1 unspecified atom stereocenters. The van der Waals surface area contributed by atoms with Crippen molar-refractivity contribution < 1.29 is 0 Å². The molecule has 1 aromatic heterocycles. The van der Waals surface area contributed by atoms with Crippen molar-refractivity contribution in [3.05, 3.63) is 23.9 Å². The third-order valence-electron chi connectivity index (χ3n) is 3.97. The Morgan fingerprint density at radius 3 is 3.00 bits per heavy atom. The second-order valence-corrected chi connectivity index (χ2v) is 5.25. The molecule has 100 valence electrons. The number of nitrogens with zero attached hydrogens (tertiary/aromatic N) is 2. The maximum Gasteiger partial charge on any atom is 0.126 e. The lowest BCUT2D eigenvalue weighted by Gasteiger charge is -2.19. The molecular weight excluding hydrogens is 222 g/mol. The van der Waals surface area contributed by atoms with Gasteiger partial charge in [-0.25, -0.2) is 4.98 Å². The molecule has 1 aliphatic heterocycles. The average Bonchev–Trinajstić information content (AvgIpc) is 2.64. The fourth-order valence-electron chi connectivity index (χ4n) is 2.73. The summed E-state index contributed by atoms with van der Waals surface area (Å²) in [5.74, 6) is 1.90. The fourth-order valence-corrected chi connectivity index (χ4v) is 2.73. The average molecular weight is 247 g/mol. The molecule has 0 aromatic carbocycles. The predicted molar refractivity (Wildman–Crippen MR) is 76.7 cm³/mol. The van der Waals surface area contributed by atoms with Gasteiger partial charge in [0.15, 0.2) is 0 Å². The highest BCUT2D eigenvalue weighted by Crippen LogP contribution is 2.21. The number of likely N-dealkylation sites (tertiary alicyclic amines) is 1. The van der Waals surface area contributed by atoms with E-state index < -0.39 is 0 Å². The first-order valence-corrected chi connectivity index (χ1v) is 7.18. The van der Waals surface area contributed by atoms with E-state index in [2.05, 4.69) is 34.3 Å². The molecule has 1 aromatic rings. The van der Waals surface area contributed by atoms with Crippen molar-refractivity contribution in [3.63, 3.8) is 0 Å². The molecule has 0 bridgehead atoms. The number of nitrogens with one attached hydrogen (secondary N) is 1. The summed E-state index contributed by atoms with van der Waals surface area (Å²) in [5.41, 5.74) is 1.18. The Kier molecular flexibility index (Phi) is 5.00. The van der Waals surface area contributed by atoms with Gasteiger partial charge in [0, 0.05) is 13.6 Å². The van der Waals surface area contributed by atoms with Gasteiger partial charge in [-0.2, -0.15) is 0 Å². The second kappa shape index (κ2) is 6.74. The molecule has 1 saturated heterocycles. The van der Waals surface area contributed by atoms with E-state index >= 15 is 0 Å². The number of hydrogen-bond acceptors (Lipinski definition) is 3. The lowest BCUT2D eigenvalue weighted by atomic mass is 9.98. The van der Waals surface area contributed by atoms with Crippen LogP contribution < -0.4 is 5.32 Å². The first-order valence-electron chi connectivity index (χ1n) is 7.18. The Morgan fingerprint density at radius 2 is 2.22 bits per heavy atom. The first-order chi connectivity index (χ1) is 8.81. The summed E-state index contributed by atoms with van der Waals surface area (Å²) in [6.45, 7) is 5.76. The van der Waals surface area contributed by atoms with Crippen molar-refractivity contribution in [3.8, 4) is 0 Å². The van der Waals surface area contributed by atoms with Gasteiger partial charge in [-0.15, -0.1) is 0 Å². The molecule has 2 heterocycles. The van der Waals surface area contributed by atoms with Crippen molar-refractivity contribution in [1.82, 2.24) is 9.88 Å². The monoisotopic (exact) mass is 247 g/mol. The van der Waals surface area contributed by atoms with Crippen LogP contribution in [0.5, 0.6) is 0 Å². The summed E-state index contributed by atoms with van der Waals surface area (Å²) >= 11 is 0. The van der Waals surface area contributed by atoms with E-state index in [0.29, 0.717) is 0 Å².